The monoisotopic (exact) mass is 246 g/mol. The van der Waals surface area contributed by atoms with Gasteiger partial charge >= 0.3 is 0 Å². The molecule has 0 saturated heterocycles. The van der Waals surface area contributed by atoms with Crippen LogP contribution in [0.4, 0.5) is 0 Å². The summed E-state index contributed by atoms with van der Waals surface area (Å²) in [5.41, 5.74) is 1.25. The van der Waals surface area contributed by atoms with Gasteiger partial charge in [-0.25, -0.2) is 0 Å². The maximum atomic E-state index is 8.48. The lowest BCUT2D eigenvalue weighted by atomic mass is 10.1. The lowest BCUT2D eigenvalue weighted by Gasteiger charge is -2.21. The molecule has 18 heavy (non-hydrogen) atoms. The van der Waals surface area contributed by atoms with Crippen molar-refractivity contribution in [1.82, 2.24) is 5.32 Å². The molecule has 0 atom stereocenters. The maximum absolute atomic E-state index is 8.48. The molecule has 1 N–H and O–H groups in total. The first-order chi connectivity index (χ1) is 8.53. The van der Waals surface area contributed by atoms with E-state index >= 15 is 0 Å². The van der Waals surface area contributed by atoms with Crippen molar-refractivity contribution in [2.75, 3.05) is 6.61 Å². The lowest BCUT2D eigenvalue weighted by molar-refractivity contribution is 0.306. The Morgan fingerprint density at radius 1 is 1.28 bits per heavy atom. The number of ether oxygens (including phenoxy) is 1. The molecule has 0 aliphatic heterocycles. The van der Waals surface area contributed by atoms with Gasteiger partial charge in [-0.3, -0.25) is 0 Å². The van der Waals surface area contributed by atoms with Crippen LogP contribution in [-0.2, 0) is 6.54 Å². The number of nitriles is 1. The molecule has 0 saturated carbocycles. The normalized spacial score (nSPS) is 11.0. The van der Waals surface area contributed by atoms with Crippen LogP contribution in [0.25, 0.3) is 0 Å². The molecule has 3 heteroatoms. The average Bonchev–Trinajstić information content (AvgIpc) is 2.32. The van der Waals surface area contributed by atoms with E-state index in [1.807, 2.05) is 18.2 Å². The van der Waals surface area contributed by atoms with Crippen LogP contribution in [0.3, 0.4) is 0 Å². The number of benzene rings is 1. The van der Waals surface area contributed by atoms with Gasteiger partial charge in [0.1, 0.15) is 5.75 Å². The fourth-order valence-corrected chi connectivity index (χ4v) is 1.48. The Bertz CT molecular complexity index is 402. The molecule has 0 radical (unpaired) electrons. The Hall–Kier alpha value is -1.53. The summed E-state index contributed by atoms with van der Waals surface area (Å²) in [6, 6.07) is 10.2. The van der Waals surface area contributed by atoms with Crippen molar-refractivity contribution in [2.24, 2.45) is 0 Å². The van der Waals surface area contributed by atoms with Gasteiger partial charge in [-0.05, 0) is 33.3 Å². The van der Waals surface area contributed by atoms with Crippen LogP contribution in [0, 0.1) is 11.3 Å². The van der Waals surface area contributed by atoms with Crippen molar-refractivity contribution in [3.8, 4) is 11.8 Å². The summed E-state index contributed by atoms with van der Waals surface area (Å²) in [6.45, 7) is 7.81. The van der Waals surface area contributed by atoms with E-state index in [1.165, 1.54) is 0 Å². The van der Waals surface area contributed by atoms with Crippen LogP contribution >= 0.6 is 0 Å². The molecule has 0 aliphatic carbocycles. The molecule has 1 rings (SSSR count). The topological polar surface area (TPSA) is 45.0 Å². The van der Waals surface area contributed by atoms with E-state index in [0.717, 1.165) is 24.3 Å². The first kappa shape index (κ1) is 14.5. The molecule has 0 bridgehead atoms. The summed E-state index contributed by atoms with van der Waals surface area (Å²) in [5.74, 6) is 0.909. The largest absolute Gasteiger partial charge is 0.493 e. The summed E-state index contributed by atoms with van der Waals surface area (Å²) < 4.78 is 5.71. The average molecular weight is 246 g/mol. The number of rotatable bonds is 6. The zero-order chi connectivity index (χ0) is 13.4. The number of para-hydroxylation sites is 1. The van der Waals surface area contributed by atoms with Gasteiger partial charge in [0.2, 0.25) is 0 Å². The molecule has 1 aromatic carbocycles. The molecule has 0 aliphatic rings. The minimum absolute atomic E-state index is 0.0912. The number of nitrogens with one attached hydrogen (secondary N) is 1. The molecule has 0 unspecified atom stereocenters. The summed E-state index contributed by atoms with van der Waals surface area (Å²) in [5, 5.41) is 11.9. The highest BCUT2D eigenvalue weighted by Crippen LogP contribution is 2.19. The van der Waals surface area contributed by atoms with Gasteiger partial charge in [0.25, 0.3) is 0 Å². The summed E-state index contributed by atoms with van der Waals surface area (Å²) in [6.07, 6.45) is 1.32. The van der Waals surface area contributed by atoms with Crippen LogP contribution in [0.1, 0.15) is 39.2 Å². The standard InChI is InChI=1S/C15H22N2O/c1-15(2,3)17-12-13-8-4-5-9-14(13)18-11-7-6-10-16/h4-5,8-9,17H,6-7,11-12H2,1-3H3. The van der Waals surface area contributed by atoms with Gasteiger partial charge in [-0.2, -0.15) is 5.26 Å². The minimum atomic E-state index is 0.0912. The Labute approximate surface area is 110 Å². The zero-order valence-corrected chi connectivity index (χ0v) is 11.5. The summed E-state index contributed by atoms with van der Waals surface area (Å²) in [4.78, 5) is 0. The van der Waals surface area contributed by atoms with Crippen molar-refractivity contribution in [2.45, 2.75) is 45.7 Å². The molecular formula is C15H22N2O. The van der Waals surface area contributed by atoms with Gasteiger partial charge in [-0.1, -0.05) is 18.2 Å². The smallest absolute Gasteiger partial charge is 0.123 e. The highest BCUT2D eigenvalue weighted by atomic mass is 16.5. The van der Waals surface area contributed by atoms with Crippen molar-refractivity contribution in [3.63, 3.8) is 0 Å². The first-order valence-corrected chi connectivity index (χ1v) is 6.35. The third kappa shape index (κ3) is 5.70. The number of hydrogen-bond donors (Lipinski definition) is 1. The summed E-state index contributed by atoms with van der Waals surface area (Å²) in [7, 11) is 0. The zero-order valence-electron chi connectivity index (χ0n) is 11.5. The lowest BCUT2D eigenvalue weighted by Crippen LogP contribution is -2.35. The quantitative estimate of drug-likeness (QED) is 0.784. The van der Waals surface area contributed by atoms with E-state index < -0.39 is 0 Å². The van der Waals surface area contributed by atoms with E-state index in [2.05, 4.69) is 38.2 Å². The van der Waals surface area contributed by atoms with Crippen LogP contribution < -0.4 is 10.1 Å². The second-order valence-electron chi connectivity index (χ2n) is 5.32. The Morgan fingerprint density at radius 2 is 2.00 bits per heavy atom. The van der Waals surface area contributed by atoms with E-state index in [1.54, 1.807) is 0 Å². The highest BCUT2D eigenvalue weighted by molar-refractivity contribution is 5.33. The molecule has 0 amide bonds. The minimum Gasteiger partial charge on any atom is -0.493 e. The van der Waals surface area contributed by atoms with Gasteiger partial charge < -0.3 is 10.1 Å². The number of nitrogens with zero attached hydrogens (tertiary/aromatic N) is 1. The van der Waals surface area contributed by atoms with E-state index in [-0.39, 0.29) is 5.54 Å². The van der Waals surface area contributed by atoms with Crippen LogP contribution in [0.15, 0.2) is 24.3 Å². The second kappa shape index (κ2) is 7.03. The van der Waals surface area contributed by atoms with Crippen LogP contribution in [0.5, 0.6) is 5.75 Å². The van der Waals surface area contributed by atoms with Crippen molar-refractivity contribution in [1.29, 1.82) is 5.26 Å². The fraction of sp³-hybridized carbons (Fsp3) is 0.533. The first-order valence-electron chi connectivity index (χ1n) is 6.35. The van der Waals surface area contributed by atoms with Gasteiger partial charge in [0.05, 0.1) is 12.7 Å². The fourth-order valence-electron chi connectivity index (χ4n) is 1.48. The molecule has 0 aromatic heterocycles. The number of hydrogen-bond acceptors (Lipinski definition) is 3. The van der Waals surface area contributed by atoms with Crippen LogP contribution in [-0.4, -0.2) is 12.1 Å². The number of unbranched alkanes of at least 4 members (excludes halogenated alkanes) is 1. The van der Waals surface area contributed by atoms with Gasteiger partial charge in [-0.15, -0.1) is 0 Å². The summed E-state index contributed by atoms with van der Waals surface area (Å²) >= 11 is 0. The van der Waals surface area contributed by atoms with Crippen LogP contribution in [0.2, 0.25) is 0 Å². The molecule has 0 fully saturated rings. The Balaban J connectivity index is 2.54. The molecule has 0 heterocycles. The predicted octanol–water partition coefficient (Wildman–Crippen LogP) is 3.26. The van der Waals surface area contributed by atoms with Gasteiger partial charge in [0.15, 0.2) is 0 Å². The molecule has 98 valence electrons. The SMILES string of the molecule is CC(C)(C)NCc1ccccc1OCCCC#N. The van der Waals surface area contributed by atoms with E-state index in [4.69, 9.17) is 10.00 Å². The molecule has 1 aromatic rings. The predicted molar refractivity (Wildman–Crippen MR) is 73.4 cm³/mol. The highest BCUT2D eigenvalue weighted by Gasteiger charge is 2.10. The maximum Gasteiger partial charge on any atom is 0.123 e. The van der Waals surface area contributed by atoms with E-state index in [0.29, 0.717) is 13.0 Å². The Kier molecular flexibility index (Phi) is 5.67. The second-order valence-corrected chi connectivity index (χ2v) is 5.32. The van der Waals surface area contributed by atoms with Gasteiger partial charge in [0, 0.05) is 24.1 Å². The molecule has 3 nitrogen and oxygen atoms in total. The van der Waals surface area contributed by atoms with E-state index in [9.17, 15) is 0 Å². The van der Waals surface area contributed by atoms with Crippen molar-refractivity contribution >= 4 is 0 Å². The molecular weight excluding hydrogens is 224 g/mol. The van der Waals surface area contributed by atoms with Crippen molar-refractivity contribution in [3.05, 3.63) is 29.8 Å². The Morgan fingerprint density at radius 3 is 2.67 bits per heavy atom. The van der Waals surface area contributed by atoms with Crippen molar-refractivity contribution < 1.29 is 4.74 Å². The third-order valence-electron chi connectivity index (χ3n) is 2.47. The third-order valence-corrected chi connectivity index (χ3v) is 2.47. The molecule has 0 spiro atoms.